The van der Waals surface area contributed by atoms with Crippen molar-refractivity contribution in [1.29, 1.82) is 0 Å². The average Bonchev–Trinajstić information content (AvgIpc) is 2.60. The number of nitrogens with one attached hydrogen (secondary N) is 1. The van der Waals surface area contributed by atoms with Crippen LogP contribution >= 0.6 is 0 Å². The Labute approximate surface area is 104 Å². The molecule has 0 aromatic rings. The van der Waals surface area contributed by atoms with Crippen molar-refractivity contribution >= 4 is 6.09 Å². The lowest BCUT2D eigenvalue weighted by Gasteiger charge is -2.40. The Hall–Kier alpha value is -0.770. The minimum atomic E-state index is -0.401. The van der Waals surface area contributed by atoms with Gasteiger partial charge in [0, 0.05) is 18.6 Å². The van der Waals surface area contributed by atoms with Crippen molar-refractivity contribution in [3.05, 3.63) is 0 Å². The number of carbonyl (C=O) groups excluding carboxylic acids is 1. The number of fused-ring (bicyclic) bond motifs is 1. The lowest BCUT2D eigenvalue weighted by molar-refractivity contribution is 0.00391. The zero-order valence-corrected chi connectivity index (χ0v) is 11.3. The molecular formula is C13H24N2O2. The van der Waals surface area contributed by atoms with Gasteiger partial charge in [-0.15, -0.1) is 0 Å². The van der Waals surface area contributed by atoms with Gasteiger partial charge in [-0.1, -0.05) is 0 Å². The monoisotopic (exact) mass is 240 g/mol. The molecule has 2 aliphatic rings. The number of hydrogen-bond acceptors (Lipinski definition) is 3. The third kappa shape index (κ3) is 2.92. The van der Waals surface area contributed by atoms with E-state index in [-0.39, 0.29) is 12.1 Å². The van der Waals surface area contributed by atoms with Crippen molar-refractivity contribution < 1.29 is 9.53 Å². The molecular weight excluding hydrogens is 216 g/mol. The van der Waals surface area contributed by atoms with Crippen molar-refractivity contribution in [2.24, 2.45) is 5.92 Å². The van der Waals surface area contributed by atoms with Crippen LogP contribution < -0.4 is 5.32 Å². The second kappa shape index (κ2) is 4.48. The fraction of sp³-hybridized carbons (Fsp3) is 0.923. The van der Waals surface area contributed by atoms with Gasteiger partial charge < -0.3 is 15.0 Å². The molecule has 2 rings (SSSR count). The smallest absolute Gasteiger partial charge is 0.410 e. The number of likely N-dealkylation sites (tertiary alicyclic amines) is 1. The van der Waals surface area contributed by atoms with Crippen molar-refractivity contribution in [3.63, 3.8) is 0 Å². The zero-order valence-electron chi connectivity index (χ0n) is 11.3. The van der Waals surface area contributed by atoms with Gasteiger partial charge in [0.2, 0.25) is 0 Å². The number of amides is 1. The molecule has 0 bridgehead atoms. The molecule has 0 radical (unpaired) electrons. The van der Waals surface area contributed by atoms with E-state index in [1.807, 2.05) is 25.7 Å². The highest BCUT2D eigenvalue weighted by Gasteiger charge is 2.39. The van der Waals surface area contributed by atoms with E-state index in [4.69, 9.17) is 4.74 Å². The Morgan fingerprint density at radius 3 is 2.76 bits per heavy atom. The molecule has 0 spiro atoms. The lowest BCUT2D eigenvalue weighted by Crippen LogP contribution is -2.52. The summed E-state index contributed by atoms with van der Waals surface area (Å²) in [6.07, 6.45) is 2.07. The Morgan fingerprint density at radius 2 is 2.12 bits per heavy atom. The van der Waals surface area contributed by atoms with Crippen LogP contribution in [0, 0.1) is 5.92 Å². The summed E-state index contributed by atoms with van der Waals surface area (Å²) in [5, 5.41) is 3.52. The van der Waals surface area contributed by atoms with Crippen LogP contribution in [0.15, 0.2) is 0 Å². The minimum absolute atomic E-state index is 0.157. The maximum Gasteiger partial charge on any atom is 0.410 e. The van der Waals surface area contributed by atoms with Gasteiger partial charge >= 0.3 is 6.09 Å². The molecule has 3 atom stereocenters. The summed E-state index contributed by atoms with van der Waals surface area (Å²) >= 11 is 0. The standard InChI is InChI=1S/C13H24N2O2/c1-9-7-11-10(5-6-14-11)8-15(9)12(16)17-13(2,3)4/h9-11,14H,5-8H2,1-4H3. The fourth-order valence-electron chi connectivity index (χ4n) is 2.82. The number of piperidine rings is 1. The highest BCUT2D eigenvalue weighted by Crippen LogP contribution is 2.29. The van der Waals surface area contributed by atoms with Gasteiger partial charge in [-0.25, -0.2) is 4.79 Å². The highest BCUT2D eigenvalue weighted by molar-refractivity contribution is 5.68. The van der Waals surface area contributed by atoms with E-state index >= 15 is 0 Å². The van der Waals surface area contributed by atoms with E-state index in [9.17, 15) is 4.79 Å². The first kappa shape index (κ1) is 12.7. The summed E-state index contributed by atoms with van der Waals surface area (Å²) in [4.78, 5) is 14.0. The Kier molecular flexibility index (Phi) is 3.34. The molecule has 98 valence electrons. The van der Waals surface area contributed by atoms with Crippen LogP contribution in [0.4, 0.5) is 4.79 Å². The third-order valence-corrected chi connectivity index (χ3v) is 3.68. The second-order valence-corrected chi connectivity index (χ2v) is 6.33. The van der Waals surface area contributed by atoms with E-state index in [2.05, 4.69) is 12.2 Å². The molecule has 3 unspecified atom stereocenters. The predicted octanol–water partition coefficient (Wildman–Crippen LogP) is 1.99. The van der Waals surface area contributed by atoms with Gasteiger partial charge in [0.15, 0.2) is 0 Å². The number of ether oxygens (including phenoxy) is 1. The van der Waals surface area contributed by atoms with Crippen LogP contribution in [-0.4, -0.2) is 41.8 Å². The second-order valence-electron chi connectivity index (χ2n) is 6.33. The maximum atomic E-state index is 12.1. The predicted molar refractivity (Wildman–Crippen MR) is 66.9 cm³/mol. The first-order valence-corrected chi connectivity index (χ1v) is 6.60. The molecule has 4 heteroatoms. The summed E-state index contributed by atoms with van der Waals surface area (Å²) in [6.45, 7) is 9.79. The lowest BCUT2D eigenvalue weighted by atomic mass is 9.89. The van der Waals surface area contributed by atoms with Gasteiger partial charge in [-0.3, -0.25) is 0 Å². The van der Waals surface area contributed by atoms with E-state index in [1.54, 1.807) is 0 Å². The molecule has 2 fully saturated rings. The fourth-order valence-corrected chi connectivity index (χ4v) is 2.82. The first-order chi connectivity index (χ1) is 7.87. The molecule has 2 heterocycles. The topological polar surface area (TPSA) is 41.6 Å². The molecule has 1 N–H and O–H groups in total. The van der Waals surface area contributed by atoms with E-state index in [0.29, 0.717) is 12.0 Å². The SMILES string of the molecule is CC1CC2NCCC2CN1C(=O)OC(C)(C)C. The normalized spacial score (nSPS) is 33.4. The van der Waals surface area contributed by atoms with Crippen molar-refractivity contribution in [2.75, 3.05) is 13.1 Å². The molecule has 2 aliphatic heterocycles. The largest absolute Gasteiger partial charge is 0.444 e. The summed E-state index contributed by atoms with van der Waals surface area (Å²) < 4.78 is 5.46. The molecule has 1 amide bonds. The molecule has 4 nitrogen and oxygen atoms in total. The van der Waals surface area contributed by atoms with Crippen LogP contribution in [0.3, 0.4) is 0 Å². The summed E-state index contributed by atoms with van der Waals surface area (Å²) in [6, 6.07) is 0.875. The minimum Gasteiger partial charge on any atom is -0.444 e. The van der Waals surface area contributed by atoms with Gasteiger partial charge in [0.1, 0.15) is 5.60 Å². The first-order valence-electron chi connectivity index (χ1n) is 6.60. The van der Waals surface area contributed by atoms with E-state index in [0.717, 1.165) is 19.5 Å². The van der Waals surface area contributed by atoms with E-state index < -0.39 is 5.60 Å². The molecule has 0 aliphatic carbocycles. The van der Waals surface area contributed by atoms with Gasteiger partial charge in [-0.05, 0) is 53.0 Å². The molecule has 0 aromatic heterocycles. The molecule has 17 heavy (non-hydrogen) atoms. The van der Waals surface area contributed by atoms with Crippen LogP contribution in [0.2, 0.25) is 0 Å². The zero-order chi connectivity index (χ0) is 12.6. The van der Waals surface area contributed by atoms with Crippen LogP contribution in [-0.2, 0) is 4.74 Å². The third-order valence-electron chi connectivity index (χ3n) is 3.68. The van der Waals surface area contributed by atoms with Crippen molar-refractivity contribution in [3.8, 4) is 0 Å². The number of nitrogens with zero attached hydrogens (tertiary/aromatic N) is 1. The maximum absolute atomic E-state index is 12.1. The summed E-state index contributed by atoms with van der Waals surface area (Å²) in [7, 11) is 0. The number of rotatable bonds is 0. The molecule has 2 saturated heterocycles. The quantitative estimate of drug-likeness (QED) is 0.704. The Bertz CT molecular complexity index is 298. The Balaban J connectivity index is 1.98. The van der Waals surface area contributed by atoms with Crippen LogP contribution in [0.5, 0.6) is 0 Å². The summed E-state index contributed by atoms with van der Waals surface area (Å²) in [5.74, 6) is 0.610. The van der Waals surface area contributed by atoms with Crippen molar-refractivity contribution in [1.82, 2.24) is 10.2 Å². The molecule has 0 aromatic carbocycles. The van der Waals surface area contributed by atoms with Crippen LogP contribution in [0.1, 0.15) is 40.5 Å². The van der Waals surface area contributed by atoms with Gasteiger partial charge in [0.25, 0.3) is 0 Å². The highest BCUT2D eigenvalue weighted by atomic mass is 16.6. The Morgan fingerprint density at radius 1 is 1.41 bits per heavy atom. The summed E-state index contributed by atoms with van der Waals surface area (Å²) in [5.41, 5.74) is -0.401. The van der Waals surface area contributed by atoms with Crippen LogP contribution in [0.25, 0.3) is 0 Å². The van der Waals surface area contributed by atoms with Gasteiger partial charge in [0.05, 0.1) is 0 Å². The number of carbonyl (C=O) groups is 1. The van der Waals surface area contributed by atoms with E-state index in [1.165, 1.54) is 6.42 Å². The molecule has 0 saturated carbocycles. The average molecular weight is 240 g/mol. The van der Waals surface area contributed by atoms with Crippen molar-refractivity contribution in [2.45, 2.75) is 58.2 Å². The van der Waals surface area contributed by atoms with Gasteiger partial charge in [-0.2, -0.15) is 0 Å². The number of hydrogen-bond donors (Lipinski definition) is 1.